The van der Waals surface area contributed by atoms with E-state index in [-0.39, 0.29) is 0 Å². The van der Waals surface area contributed by atoms with Crippen molar-refractivity contribution in [1.82, 2.24) is 9.78 Å². The number of hydrogen-bond donors (Lipinski definition) is 1. The molecule has 0 spiro atoms. The lowest BCUT2D eigenvalue weighted by molar-refractivity contribution is 0.880. The van der Waals surface area contributed by atoms with Crippen LogP contribution < -0.4 is 5.73 Å². The van der Waals surface area contributed by atoms with Gasteiger partial charge in [0.15, 0.2) is 0 Å². The van der Waals surface area contributed by atoms with Gasteiger partial charge in [-0.05, 0) is 46.6 Å². The molecule has 3 nitrogen and oxygen atoms in total. The van der Waals surface area contributed by atoms with E-state index in [0.29, 0.717) is 0 Å². The lowest BCUT2D eigenvalue weighted by Crippen LogP contribution is -1.95. The fourth-order valence-corrected chi connectivity index (χ4v) is 1.58. The summed E-state index contributed by atoms with van der Waals surface area (Å²) in [7, 11) is 0. The summed E-state index contributed by atoms with van der Waals surface area (Å²) in [6.07, 6.45) is 3.79. The first-order valence-electron chi connectivity index (χ1n) is 4.23. The summed E-state index contributed by atoms with van der Waals surface area (Å²) in [6.45, 7) is 2.01. The Labute approximate surface area is 90.7 Å². The van der Waals surface area contributed by atoms with E-state index in [2.05, 4.69) is 21.0 Å². The Morgan fingerprint density at radius 2 is 2.21 bits per heavy atom. The Kier molecular flexibility index (Phi) is 2.29. The molecule has 0 unspecified atom stereocenters. The van der Waals surface area contributed by atoms with Gasteiger partial charge in [-0.25, -0.2) is 4.68 Å². The van der Waals surface area contributed by atoms with Crippen molar-refractivity contribution in [1.29, 1.82) is 0 Å². The highest BCUT2D eigenvalue weighted by Gasteiger charge is 2.00. The molecule has 1 heterocycles. The topological polar surface area (TPSA) is 43.8 Å². The maximum atomic E-state index is 5.70. The summed E-state index contributed by atoms with van der Waals surface area (Å²) in [5.41, 5.74) is 8.57. The molecule has 0 saturated carbocycles. The zero-order valence-corrected chi connectivity index (χ0v) is 9.32. The lowest BCUT2D eigenvalue weighted by Gasteiger charge is -2.03. The standard InChI is InChI=1S/C10H10BrN3/c1-7-5-13-14(6-7)8-2-3-10(12)9(11)4-8/h2-6H,12H2,1H3. The average Bonchev–Trinajstić information content (AvgIpc) is 2.57. The summed E-state index contributed by atoms with van der Waals surface area (Å²) in [4.78, 5) is 0. The summed E-state index contributed by atoms with van der Waals surface area (Å²) in [5.74, 6) is 0. The quantitative estimate of drug-likeness (QED) is 0.792. The van der Waals surface area contributed by atoms with Crippen molar-refractivity contribution >= 4 is 21.6 Å². The minimum Gasteiger partial charge on any atom is -0.398 e. The Bertz CT molecular complexity index is 462. The number of nitrogens with zero attached hydrogens (tertiary/aromatic N) is 2. The van der Waals surface area contributed by atoms with Crippen molar-refractivity contribution in [3.05, 3.63) is 40.6 Å². The fourth-order valence-electron chi connectivity index (χ4n) is 1.21. The van der Waals surface area contributed by atoms with E-state index < -0.39 is 0 Å². The molecular formula is C10H10BrN3. The van der Waals surface area contributed by atoms with Gasteiger partial charge >= 0.3 is 0 Å². The summed E-state index contributed by atoms with van der Waals surface area (Å²) in [6, 6.07) is 5.74. The lowest BCUT2D eigenvalue weighted by atomic mass is 10.3. The van der Waals surface area contributed by atoms with Crippen LogP contribution in [-0.4, -0.2) is 9.78 Å². The molecule has 1 aromatic carbocycles. The van der Waals surface area contributed by atoms with Gasteiger partial charge in [-0.1, -0.05) is 0 Å². The van der Waals surface area contributed by atoms with Gasteiger partial charge in [0.1, 0.15) is 0 Å². The molecule has 0 fully saturated rings. The van der Waals surface area contributed by atoms with Crippen LogP contribution in [0.3, 0.4) is 0 Å². The van der Waals surface area contributed by atoms with Gasteiger partial charge in [0.05, 0.1) is 11.9 Å². The monoisotopic (exact) mass is 251 g/mol. The van der Waals surface area contributed by atoms with Gasteiger partial charge in [-0.3, -0.25) is 0 Å². The zero-order valence-electron chi connectivity index (χ0n) is 7.74. The van der Waals surface area contributed by atoms with Gasteiger partial charge < -0.3 is 5.73 Å². The minimum absolute atomic E-state index is 0.734. The maximum absolute atomic E-state index is 5.70. The normalized spacial score (nSPS) is 10.4. The number of rotatable bonds is 1. The third-order valence-electron chi connectivity index (χ3n) is 1.96. The molecule has 0 aliphatic heterocycles. The van der Waals surface area contributed by atoms with Crippen LogP contribution in [0, 0.1) is 6.92 Å². The van der Waals surface area contributed by atoms with E-state index in [1.54, 1.807) is 0 Å². The van der Waals surface area contributed by atoms with E-state index in [0.717, 1.165) is 21.4 Å². The van der Waals surface area contributed by atoms with Crippen molar-refractivity contribution in [3.8, 4) is 5.69 Å². The molecule has 0 aliphatic rings. The van der Waals surface area contributed by atoms with Gasteiger partial charge in [0.2, 0.25) is 0 Å². The highest BCUT2D eigenvalue weighted by molar-refractivity contribution is 9.10. The van der Waals surface area contributed by atoms with Crippen molar-refractivity contribution < 1.29 is 0 Å². The van der Waals surface area contributed by atoms with E-state index >= 15 is 0 Å². The Morgan fingerprint density at radius 1 is 1.43 bits per heavy atom. The highest BCUT2D eigenvalue weighted by atomic mass is 79.9. The summed E-state index contributed by atoms with van der Waals surface area (Å²) < 4.78 is 2.71. The first-order chi connectivity index (χ1) is 6.66. The summed E-state index contributed by atoms with van der Waals surface area (Å²) >= 11 is 3.38. The highest BCUT2D eigenvalue weighted by Crippen LogP contribution is 2.22. The van der Waals surface area contributed by atoms with Crippen LogP contribution in [0.25, 0.3) is 5.69 Å². The van der Waals surface area contributed by atoms with Crippen molar-refractivity contribution in [2.45, 2.75) is 6.92 Å². The number of nitrogen functional groups attached to an aromatic ring is 1. The molecule has 72 valence electrons. The van der Waals surface area contributed by atoms with Gasteiger partial charge in [-0.2, -0.15) is 5.10 Å². The van der Waals surface area contributed by atoms with Crippen LogP contribution in [0.5, 0.6) is 0 Å². The number of aryl methyl sites for hydroxylation is 1. The molecule has 0 amide bonds. The molecule has 0 radical (unpaired) electrons. The van der Waals surface area contributed by atoms with Crippen LogP contribution in [0.4, 0.5) is 5.69 Å². The second-order valence-electron chi connectivity index (χ2n) is 3.17. The molecule has 0 atom stereocenters. The molecular weight excluding hydrogens is 242 g/mol. The van der Waals surface area contributed by atoms with Crippen LogP contribution in [0.15, 0.2) is 35.1 Å². The van der Waals surface area contributed by atoms with Crippen LogP contribution in [0.2, 0.25) is 0 Å². The second-order valence-corrected chi connectivity index (χ2v) is 4.02. The molecule has 4 heteroatoms. The summed E-state index contributed by atoms with van der Waals surface area (Å²) in [5, 5.41) is 4.21. The van der Waals surface area contributed by atoms with Gasteiger partial charge in [0, 0.05) is 16.4 Å². The molecule has 2 rings (SSSR count). The zero-order chi connectivity index (χ0) is 10.1. The van der Waals surface area contributed by atoms with E-state index in [1.807, 2.05) is 42.2 Å². The first kappa shape index (κ1) is 9.27. The average molecular weight is 252 g/mol. The molecule has 2 aromatic rings. The first-order valence-corrected chi connectivity index (χ1v) is 5.03. The van der Waals surface area contributed by atoms with Crippen molar-refractivity contribution in [2.24, 2.45) is 0 Å². The Morgan fingerprint density at radius 3 is 2.79 bits per heavy atom. The molecule has 0 bridgehead atoms. The molecule has 0 saturated heterocycles. The maximum Gasteiger partial charge on any atom is 0.0658 e. The fraction of sp³-hybridized carbons (Fsp3) is 0.100. The second kappa shape index (κ2) is 3.46. The third kappa shape index (κ3) is 1.65. The Balaban J connectivity index is 2.47. The number of benzene rings is 1. The van der Waals surface area contributed by atoms with E-state index in [4.69, 9.17) is 5.73 Å². The number of aromatic nitrogens is 2. The Hall–Kier alpha value is -1.29. The SMILES string of the molecule is Cc1cnn(-c2ccc(N)c(Br)c2)c1. The van der Waals surface area contributed by atoms with Crippen molar-refractivity contribution in [3.63, 3.8) is 0 Å². The molecule has 14 heavy (non-hydrogen) atoms. The van der Waals surface area contributed by atoms with E-state index in [1.165, 1.54) is 0 Å². The smallest absolute Gasteiger partial charge is 0.0658 e. The predicted octanol–water partition coefficient (Wildman–Crippen LogP) is 2.53. The van der Waals surface area contributed by atoms with Gasteiger partial charge in [0.25, 0.3) is 0 Å². The van der Waals surface area contributed by atoms with Crippen LogP contribution >= 0.6 is 15.9 Å². The number of anilines is 1. The molecule has 1 aromatic heterocycles. The minimum atomic E-state index is 0.734. The number of hydrogen-bond acceptors (Lipinski definition) is 2. The molecule has 0 aliphatic carbocycles. The largest absolute Gasteiger partial charge is 0.398 e. The third-order valence-corrected chi connectivity index (χ3v) is 2.65. The van der Waals surface area contributed by atoms with Crippen LogP contribution in [0.1, 0.15) is 5.56 Å². The number of halogens is 1. The van der Waals surface area contributed by atoms with Gasteiger partial charge in [-0.15, -0.1) is 0 Å². The van der Waals surface area contributed by atoms with Crippen molar-refractivity contribution in [2.75, 3.05) is 5.73 Å². The van der Waals surface area contributed by atoms with Crippen LogP contribution in [-0.2, 0) is 0 Å². The number of nitrogens with two attached hydrogens (primary N) is 1. The predicted molar refractivity (Wildman–Crippen MR) is 60.4 cm³/mol. The molecule has 2 N–H and O–H groups in total. The van der Waals surface area contributed by atoms with E-state index in [9.17, 15) is 0 Å².